The molecular formula is C18H18OS. The first-order valence-electron chi connectivity index (χ1n) is 6.93. The summed E-state index contributed by atoms with van der Waals surface area (Å²) >= 11 is 1.75. The van der Waals surface area contributed by atoms with Gasteiger partial charge in [0.2, 0.25) is 0 Å². The number of Topliss-reactive ketones (excluding diaryl/α,β-unsaturated/α-hetero) is 1. The standard InChI is InChI=1S/C18H18OS/c1-11(2)13-9-16(12(3)17(19)10-13)14-5-4-6-18-15(14)7-8-20-18/h4-8,13H,1,9-10H2,2-3H3. The Morgan fingerprint density at radius 2 is 2.10 bits per heavy atom. The highest BCUT2D eigenvalue weighted by Gasteiger charge is 2.26. The second-order valence-electron chi connectivity index (χ2n) is 5.62. The van der Waals surface area contributed by atoms with E-state index in [1.165, 1.54) is 21.2 Å². The molecule has 0 amide bonds. The number of hydrogen-bond donors (Lipinski definition) is 0. The summed E-state index contributed by atoms with van der Waals surface area (Å²) < 4.78 is 1.28. The summed E-state index contributed by atoms with van der Waals surface area (Å²) in [5.74, 6) is 0.557. The summed E-state index contributed by atoms with van der Waals surface area (Å²) in [5, 5.41) is 3.38. The predicted molar refractivity (Wildman–Crippen MR) is 87.0 cm³/mol. The lowest BCUT2D eigenvalue weighted by Gasteiger charge is -2.26. The molecular weight excluding hydrogens is 264 g/mol. The smallest absolute Gasteiger partial charge is 0.159 e. The van der Waals surface area contributed by atoms with Crippen LogP contribution in [0.15, 0.2) is 47.4 Å². The van der Waals surface area contributed by atoms with Gasteiger partial charge in [-0.2, -0.15) is 0 Å². The van der Waals surface area contributed by atoms with Crippen LogP contribution in [0.4, 0.5) is 0 Å². The molecule has 3 rings (SSSR count). The van der Waals surface area contributed by atoms with Gasteiger partial charge in [-0.15, -0.1) is 11.3 Å². The molecule has 1 nitrogen and oxygen atoms in total. The summed E-state index contributed by atoms with van der Waals surface area (Å²) in [7, 11) is 0. The molecule has 0 radical (unpaired) electrons. The summed E-state index contributed by atoms with van der Waals surface area (Å²) in [6.07, 6.45) is 1.55. The van der Waals surface area contributed by atoms with Crippen LogP contribution in [0.5, 0.6) is 0 Å². The van der Waals surface area contributed by atoms with Crippen LogP contribution in [0.2, 0.25) is 0 Å². The molecule has 0 saturated carbocycles. The Labute approximate surface area is 123 Å². The zero-order valence-electron chi connectivity index (χ0n) is 11.9. The van der Waals surface area contributed by atoms with Crippen molar-refractivity contribution in [3.8, 4) is 0 Å². The monoisotopic (exact) mass is 282 g/mol. The Balaban J connectivity index is 2.16. The van der Waals surface area contributed by atoms with Gasteiger partial charge in [0, 0.05) is 11.1 Å². The van der Waals surface area contributed by atoms with Gasteiger partial charge >= 0.3 is 0 Å². The second-order valence-corrected chi connectivity index (χ2v) is 6.56. The van der Waals surface area contributed by atoms with Gasteiger partial charge in [-0.05, 0) is 65.8 Å². The number of carbonyl (C=O) groups is 1. The highest BCUT2D eigenvalue weighted by Crippen LogP contribution is 2.39. The molecule has 2 aromatic rings. The third-order valence-electron chi connectivity index (χ3n) is 4.27. The zero-order chi connectivity index (χ0) is 14.3. The number of carbonyl (C=O) groups excluding carboxylic acids is 1. The van der Waals surface area contributed by atoms with E-state index in [0.717, 1.165) is 17.6 Å². The van der Waals surface area contributed by atoms with Crippen LogP contribution < -0.4 is 0 Å². The van der Waals surface area contributed by atoms with Crippen LogP contribution in [-0.2, 0) is 4.79 Å². The lowest BCUT2D eigenvalue weighted by Crippen LogP contribution is -2.18. The van der Waals surface area contributed by atoms with Crippen LogP contribution in [0, 0.1) is 5.92 Å². The SMILES string of the molecule is C=C(C)C1CC(=O)C(C)=C(c2cccc3sccc23)C1. The van der Waals surface area contributed by atoms with E-state index in [0.29, 0.717) is 6.42 Å². The number of rotatable bonds is 2. The maximum absolute atomic E-state index is 12.3. The van der Waals surface area contributed by atoms with Crippen molar-refractivity contribution in [1.29, 1.82) is 0 Å². The fourth-order valence-corrected chi connectivity index (χ4v) is 3.75. The van der Waals surface area contributed by atoms with Crippen LogP contribution in [0.3, 0.4) is 0 Å². The molecule has 0 saturated heterocycles. The lowest BCUT2D eigenvalue weighted by molar-refractivity contribution is -0.116. The summed E-state index contributed by atoms with van der Waals surface area (Å²) in [5.41, 5.74) is 4.47. The topological polar surface area (TPSA) is 17.1 Å². The molecule has 0 fully saturated rings. The Morgan fingerprint density at radius 3 is 2.85 bits per heavy atom. The molecule has 0 spiro atoms. The molecule has 1 aromatic carbocycles. The van der Waals surface area contributed by atoms with E-state index < -0.39 is 0 Å². The van der Waals surface area contributed by atoms with Gasteiger partial charge in [-0.1, -0.05) is 24.3 Å². The predicted octanol–water partition coefficient (Wildman–Crippen LogP) is 5.23. The molecule has 1 unspecified atom stereocenters. The average molecular weight is 282 g/mol. The minimum Gasteiger partial charge on any atom is -0.295 e. The van der Waals surface area contributed by atoms with Gasteiger partial charge in [0.1, 0.15) is 0 Å². The number of fused-ring (bicyclic) bond motifs is 1. The van der Waals surface area contributed by atoms with Crippen molar-refractivity contribution in [2.24, 2.45) is 5.92 Å². The van der Waals surface area contributed by atoms with Crippen molar-refractivity contribution in [3.63, 3.8) is 0 Å². The van der Waals surface area contributed by atoms with Crippen molar-refractivity contribution < 1.29 is 4.79 Å². The van der Waals surface area contributed by atoms with Crippen LogP contribution >= 0.6 is 11.3 Å². The summed E-state index contributed by atoms with van der Waals surface area (Å²) in [4.78, 5) is 12.3. The molecule has 20 heavy (non-hydrogen) atoms. The zero-order valence-corrected chi connectivity index (χ0v) is 12.7. The maximum atomic E-state index is 12.3. The van der Waals surface area contributed by atoms with Gasteiger partial charge in [-0.3, -0.25) is 4.79 Å². The van der Waals surface area contributed by atoms with Crippen molar-refractivity contribution in [2.75, 3.05) is 0 Å². The Bertz CT molecular complexity index is 733. The van der Waals surface area contributed by atoms with Crippen LogP contribution in [0.25, 0.3) is 15.7 Å². The summed E-state index contributed by atoms with van der Waals surface area (Å²) in [6, 6.07) is 8.52. The molecule has 102 valence electrons. The number of allylic oxidation sites excluding steroid dienone is 3. The third-order valence-corrected chi connectivity index (χ3v) is 5.15. The summed E-state index contributed by atoms with van der Waals surface area (Å²) in [6.45, 7) is 8.04. The van der Waals surface area contributed by atoms with E-state index in [4.69, 9.17) is 0 Å². The molecule has 1 atom stereocenters. The number of thiophene rings is 1. The first-order chi connectivity index (χ1) is 9.58. The van der Waals surface area contributed by atoms with E-state index >= 15 is 0 Å². The number of hydrogen-bond acceptors (Lipinski definition) is 2. The van der Waals surface area contributed by atoms with E-state index in [2.05, 4.69) is 36.2 Å². The Kier molecular flexibility index (Phi) is 3.35. The highest BCUT2D eigenvalue weighted by molar-refractivity contribution is 7.17. The maximum Gasteiger partial charge on any atom is 0.159 e. The second kappa shape index (κ2) is 5.02. The van der Waals surface area contributed by atoms with E-state index in [1.54, 1.807) is 11.3 Å². The van der Waals surface area contributed by atoms with Crippen LogP contribution in [-0.4, -0.2) is 5.78 Å². The molecule has 1 aliphatic carbocycles. The highest BCUT2D eigenvalue weighted by atomic mass is 32.1. The molecule has 1 aliphatic rings. The molecule has 0 bridgehead atoms. The van der Waals surface area contributed by atoms with Gasteiger partial charge in [0.05, 0.1) is 0 Å². The van der Waals surface area contributed by atoms with E-state index in [9.17, 15) is 4.79 Å². The van der Waals surface area contributed by atoms with Gasteiger partial charge in [-0.25, -0.2) is 0 Å². The first kappa shape index (κ1) is 13.3. The normalized spacial score (nSPS) is 19.7. The van der Waals surface area contributed by atoms with Crippen molar-refractivity contribution in [2.45, 2.75) is 26.7 Å². The quantitative estimate of drug-likeness (QED) is 0.689. The van der Waals surface area contributed by atoms with Gasteiger partial charge < -0.3 is 0 Å². The van der Waals surface area contributed by atoms with Crippen LogP contribution in [0.1, 0.15) is 32.3 Å². The minimum atomic E-state index is 0.270. The molecule has 0 N–H and O–H groups in total. The molecule has 1 heterocycles. The molecule has 1 aromatic heterocycles. The fourth-order valence-electron chi connectivity index (χ4n) is 2.93. The number of ketones is 1. The van der Waals surface area contributed by atoms with Crippen molar-refractivity contribution in [3.05, 3.63) is 52.9 Å². The minimum absolute atomic E-state index is 0.270. The van der Waals surface area contributed by atoms with E-state index in [-0.39, 0.29) is 11.7 Å². The fraction of sp³-hybridized carbons (Fsp3) is 0.278. The first-order valence-corrected chi connectivity index (χ1v) is 7.81. The van der Waals surface area contributed by atoms with Gasteiger partial charge in [0.15, 0.2) is 5.78 Å². The van der Waals surface area contributed by atoms with Crippen molar-refractivity contribution >= 4 is 32.8 Å². The number of benzene rings is 1. The molecule has 2 heteroatoms. The third kappa shape index (κ3) is 2.14. The Morgan fingerprint density at radius 1 is 1.30 bits per heavy atom. The lowest BCUT2D eigenvalue weighted by atomic mass is 9.77. The van der Waals surface area contributed by atoms with Gasteiger partial charge in [0.25, 0.3) is 0 Å². The molecule has 0 aliphatic heterocycles. The largest absolute Gasteiger partial charge is 0.295 e. The average Bonchev–Trinajstić information content (AvgIpc) is 2.89. The van der Waals surface area contributed by atoms with Crippen molar-refractivity contribution in [1.82, 2.24) is 0 Å². The van der Waals surface area contributed by atoms with E-state index in [1.807, 2.05) is 13.8 Å². The Hall–Kier alpha value is -1.67.